The van der Waals surface area contributed by atoms with E-state index in [1.807, 2.05) is 0 Å². The van der Waals surface area contributed by atoms with Crippen molar-refractivity contribution in [2.24, 2.45) is 0 Å². The lowest BCUT2D eigenvalue weighted by Crippen LogP contribution is -2.42. The van der Waals surface area contributed by atoms with Gasteiger partial charge in [-0.3, -0.25) is 4.79 Å². The number of amides is 1. The molecule has 5 heteroatoms. The molecular formula is C13H18FNO3. The zero-order valence-corrected chi connectivity index (χ0v) is 10.7. The molecule has 0 bridgehead atoms. The topological polar surface area (TPSA) is 58.6 Å². The highest BCUT2D eigenvalue weighted by Gasteiger charge is 2.21. The van der Waals surface area contributed by atoms with Gasteiger partial charge in [0.15, 0.2) is 0 Å². The van der Waals surface area contributed by atoms with E-state index in [2.05, 4.69) is 5.32 Å². The normalized spacial score (nSPS) is 15.8. The quantitative estimate of drug-likeness (QED) is 0.836. The average Bonchev–Trinajstić information content (AvgIpc) is 2.37. The largest absolute Gasteiger partial charge is 0.386 e. The lowest BCUT2D eigenvalue weighted by Gasteiger charge is -2.22. The van der Waals surface area contributed by atoms with E-state index in [1.165, 1.54) is 31.4 Å². The molecule has 0 radical (unpaired) electrons. The summed E-state index contributed by atoms with van der Waals surface area (Å²) in [4.78, 5) is 11.6. The van der Waals surface area contributed by atoms with Crippen molar-refractivity contribution in [3.63, 3.8) is 0 Å². The number of benzene rings is 1. The van der Waals surface area contributed by atoms with Crippen LogP contribution in [0.15, 0.2) is 24.3 Å². The number of nitrogens with one attached hydrogen (secondary N) is 1. The van der Waals surface area contributed by atoms with Crippen LogP contribution in [0.2, 0.25) is 0 Å². The lowest BCUT2D eigenvalue weighted by molar-refractivity contribution is -0.131. The number of halogens is 1. The molecule has 3 atom stereocenters. The van der Waals surface area contributed by atoms with Gasteiger partial charge in [0.1, 0.15) is 11.9 Å². The van der Waals surface area contributed by atoms with Crippen LogP contribution >= 0.6 is 0 Å². The standard InChI is InChI=1S/C13H18FNO3/c1-8(15-13(17)9(2)18-3)12(16)10-4-6-11(14)7-5-10/h4-9,12,16H,1-3H3,(H,15,17). The third-order valence-electron chi connectivity index (χ3n) is 2.78. The first-order valence-electron chi connectivity index (χ1n) is 5.72. The van der Waals surface area contributed by atoms with Crippen LogP contribution in [0.4, 0.5) is 4.39 Å². The summed E-state index contributed by atoms with van der Waals surface area (Å²) < 4.78 is 17.6. The first-order valence-corrected chi connectivity index (χ1v) is 5.72. The van der Waals surface area contributed by atoms with Crippen LogP contribution in [0.3, 0.4) is 0 Å². The lowest BCUT2D eigenvalue weighted by atomic mass is 10.0. The van der Waals surface area contributed by atoms with Gasteiger partial charge in [-0.25, -0.2) is 4.39 Å². The fourth-order valence-corrected chi connectivity index (χ4v) is 1.48. The minimum Gasteiger partial charge on any atom is -0.386 e. The summed E-state index contributed by atoms with van der Waals surface area (Å²) in [6.45, 7) is 3.29. The number of aliphatic hydroxyl groups excluding tert-OH is 1. The number of hydrogen-bond donors (Lipinski definition) is 2. The molecule has 0 aliphatic carbocycles. The van der Waals surface area contributed by atoms with Crippen molar-refractivity contribution < 1.29 is 19.0 Å². The summed E-state index contributed by atoms with van der Waals surface area (Å²) in [5.41, 5.74) is 0.550. The van der Waals surface area contributed by atoms with E-state index in [4.69, 9.17) is 4.74 Å². The summed E-state index contributed by atoms with van der Waals surface area (Å²) in [6, 6.07) is 5.03. The van der Waals surface area contributed by atoms with Gasteiger partial charge in [0.05, 0.1) is 12.1 Å². The van der Waals surface area contributed by atoms with Crippen molar-refractivity contribution in [2.75, 3.05) is 7.11 Å². The second-order valence-electron chi connectivity index (χ2n) is 4.17. The van der Waals surface area contributed by atoms with Gasteiger partial charge in [-0.1, -0.05) is 12.1 Å². The maximum absolute atomic E-state index is 12.7. The number of ether oxygens (including phenoxy) is 1. The van der Waals surface area contributed by atoms with Crippen molar-refractivity contribution >= 4 is 5.91 Å². The molecule has 4 nitrogen and oxygen atoms in total. The Hall–Kier alpha value is -1.46. The number of aliphatic hydroxyl groups is 1. The highest BCUT2D eigenvalue weighted by molar-refractivity contribution is 5.80. The van der Waals surface area contributed by atoms with E-state index in [9.17, 15) is 14.3 Å². The molecule has 100 valence electrons. The van der Waals surface area contributed by atoms with Crippen LogP contribution in [-0.2, 0) is 9.53 Å². The van der Waals surface area contributed by atoms with Crippen LogP contribution in [0.1, 0.15) is 25.5 Å². The van der Waals surface area contributed by atoms with E-state index >= 15 is 0 Å². The molecule has 0 aliphatic heterocycles. The second-order valence-corrected chi connectivity index (χ2v) is 4.17. The monoisotopic (exact) mass is 255 g/mol. The summed E-state index contributed by atoms with van der Waals surface area (Å²) in [5, 5.41) is 12.6. The van der Waals surface area contributed by atoms with Crippen molar-refractivity contribution in [3.8, 4) is 0 Å². The van der Waals surface area contributed by atoms with E-state index in [-0.39, 0.29) is 11.7 Å². The maximum Gasteiger partial charge on any atom is 0.249 e. The first kappa shape index (κ1) is 14.6. The van der Waals surface area contributed by atoms with Crippen LogP contribution in [0.25, 0.3) is 0 Å². The minimum atomic E-state index is -0.890. The van der Waals surface area contributed by atoms with Crippen LogP contribution in [0.5, 0.6) is 0 Å². The van der Waals surface area contributed by atoms with Gasteiger partial charge in [-0.2, -0.15) is 0 Å². The van der Waals surface area contributed by atoms with Crippen molar-refractivity contribution in [2.45, 2.75) is 32.1 Å². The van der Waals surface area contributed by atoms with E-state index in [0.29, 0.717) is 5.56 Å². The van der Waals surface area contributed by atoms with Crippen molar-refractivity contribution in [1.29, 1.82) is 0 Å². The van der Waals surface area contributed by atoms with Gasteiger partial charge in [0.2, 0.25) is 5.91 Å². The third-order valence-corrected chi connectivity index (χ3v) is 2.78. The first-order chi connectivity index (χ1) is 8.45. The Morgan fingerprint density at radius 3 is 2.39 bits per heavy atom. The summed E-state index contributed by atoms with van der Waals surface area (Å²) in [5.74, 6) is -0.665. The molecule has 0 saturated carbocycles. The van der Waals surface area contributed by atoms with Gasteiger partial charge < -0.3 is 15.2 Å². The molecule has 1 rings (SSSR count). The molecule has 0 aliphatic rings. The zero-order valence-electron chi connectivity index (χ0n) is 10.7. The Kier molecular flexibility index (Phi) is 5.25. The van der Waals surface area contributed by atoms with Gasteiger partial charge >= 0.3 is 0 Å². The van der Waals surface area contributed by atoms with E-state index < -0.39 is 18.2 Å². The molecule has 1 aromatic carbocycles. The molecule has 3 unspecified atom stereocenters. The molecule has 18 heavy (non-hydrogen) atoms. The van der Waals surface area contributed by atoms with Crippen molar-refractivity contribution in [3.05, 3.63) is 35.6 Å². The number of rotatable bonds is 5. The van der Waals surface area contributed by atoms with Crippen LogP contribution in [-0.4, -0.2) is 30.3 Å². The number of carbonyl (C=O) groups excluding carboxylic acids is 1. The molecule has 0 saturated heterocycles. The van der Waals surface area contributed by atoms with Gasteiger partial charge in [0.25, 0.3) is 0 Å². The fraction of sp³-hybridized carbons (Fsp3) is 0.462. The molecule has 1 amide bonds. The number of hydrogen-bond acceptors (Lipinski definition) is 3. The number of methoxy groups -OCH3 is 1. The predicted octanol–water partition coefficient (Wildman–Crippen LogP) is 1.40. The van der Waals surface area contributed by atoms with Gasteiger partial charge in [0, 0.05) is 7.11 Å². The molecule has 0 fully saturated rings. The van der Waals surface area contributed by atoms with Gasteiger partial charge in [-0.15, -0.1) is 0 Å². The van der Waals surface area contributed by atoms with Crippen LogP contribution in [0, 0.1) is 5.82 Å². The Morgan fingerprint density at radius 1 is 1.33 bits per heavy atom. The maximum atomic E-state index is 12.7. The Balaban J connectivity index is 2.64. The zero-order chi connectivity index (χ0) is 13.7. The molecule has 1 aromatic rings. The van der Waals surface area contributed by atoms with E-state index in [1.54, 1.807) is 13.8 Å². The molecule has 0 aromatic heterocycles. The minimum absolute atomic E-state index is 0.300. The SMILES string of the molecule is COC(C)C(=O)NC(C)C(O)c1ccc(F)cc1. The highest BCUT2D eigenvalue weighted by atomic mass is 19.1. The fourth-order valence-electron chi connectivity index (χ4n) is 1.48. The molecule has 2 N–H and O–H groups in total. The Morgan fingerprint density at radius 2 is 1.89 bits per heavy atom. The van der Waals surface area contributed by atoms with E-state index in [0.717, 1.165) is 0 Å². The van der Waals surface area contributed by atoms with Crippen LogP contribution < -0.4 is 5.32 Å². The van der Waals surface area contributed by atoms with Gasteiger partial charge in [-0.05, 0) is 31.5 Å². The second kappa shape index (κ2) is 6.47. The Labute approximate surface area is 106 Å². The summed E-state index contributed by atoms with van der Waals surface area (Å²) >= 11 is 0. The Bertz CT molecular complexity index is 394. The smallest absolute Gasteiger partial charge is 0.249 e. The highest BCUT2D eigenvalue weighted by Crippen LogP contribution is 2.17. The molecular weight excluding hydrogens is 237 g/mol. The average molecular weight is 255 g/mol. The summed E-state index contributed by atoms with van der Waals surface area (Å²) in [6.07, 6.45) is -1.47. The summed E-state index contributed by atoms with van der Waals surface area (Å²) in [7, 11) is 1.44. The molecule has 0 heterocycles. The van der Waals surface area contributed by atoms with Crippen molar-refractivity contribution in [1.82, 2.24) is 5.32 Å². The third kappa shape index (κ3) is 3.78. The molecule has 0 spiro atoms. The number of carbonyl (C=O) groups is 1. The predicted molar refractivity (Wildman–Crippen MR) is 65.4 cm³/mol.